The lowest BCUT2D eigenvalue weighted by atomic mass is 10.1. The van der Waals surface area contributed by atoms with Gasteiger partial charge in [0, 0.05) is 12.7 Å². The van der Waals surface area contributed by atoms with Gasteiger partial charge in [-0.25, -0.2) is 14.4 Å². The van der Waals surface area contributed by atoms with Gasteiger partial charge in [0.1, 0.15) is 23.3 Å². The molecule has 0 fully saturated rings. The van der Waals surface area contributed by atoms with E-state index in [0.29, 0.717) is 17.3 Å². The molecule has 0 amide bonds. The number of nitrogens with zero attached hydrogens (tertiary/aromatic N) is 4. The number of pyridine rings is 1. The first kappa shape index (κ1) is 17.5. The van der Waals surface area contributed by atoms with Crippen LogP contribution in [-0.2, 0) is 6.54 Å². The molecule has 0 atom stereocenters. The molecule has 3 rings (SSSR count). The number of hydrogen-bond acceptors (Lipinski definition) is 5. The molecular formula is C19H18FN5O. The number of anilines is 1. The van der Waals surface area contributed by atoms with Crippen molar-refractivity contribution in [2.75, 3.05) is 5.73 Å². The summed E-state index contributed by atoms with van der Waals surface area (Å²) in [7, 11) is 0. The Labute approximate surface area is 149 Å². The van der Waals surface area contributed by atoms with Gasteiger partial charge in [0.2, 0.25) is 0 Å². The number of aromatic nitrogens is 3. The first-order valence-electron chi connectivity index (χ1n) is 8.40. The van der Waals surface area contributed by atoms with Crippen molar-refractivity contribution in [2.45, 2.75) is 32.7 Å². The van der Waals surface area contributed by atoms with Crippen molar-refractivity contribution >= 4 is 16.6 Å². The molecule has 7 heteroatoms. The molecule has 0 radical (unpaired) electrons. The first-order valence-corrected chi connectivity index (χ1v) is 8.40. The van der Waals surface area contributed by atoms with Crippen LogP contribution in [0.25, 0.3) is 22.2 Å². The van der Waals surface area contributed by atoms with Crippen LogP contribution in [0.15, 0.2) is 35.4 Å². The summed E-state index contributed by atoms with van der Waals surface area (Å²) in [6, 6.07) is 6.38. The minimum absolute atomic E-state index is 0.0108. The molecule has 2 aromatic heterocycles. The molecule has 26 heavy (non-hydrogen) atoms. The number of halogens is 1. The van der Waals surface area contributed by atoms with Gasteiger partial charge >= 0.3 is 0 Å². The van der Waals surface area contributed by atoms with Crippen molar-refractivity contribution in [1.82, 2.24) is 14.5 Å². The van der Waals surface area contributed by atoms with Crippen LogP contribution in [0.4, 0.5) is 10.2 Å². The maximum absolute atomic E-state index is 14.6. The van der Waals surface area contributed by atoms with E-state index >= 15 is 0 Å². The molecule has 0 saturated carbocycles. The van der Waals surface area contributed by atoms with Crippen LogP contribution in [0.1, 0.15) is 31.7 Å². The number of aryl methyl sites for hydroxylation is 1. The summed E-state index contributed by atoms with van der Waals surface area (Å²) in [6.07, 6.45) is 5.98. The first-order chi connectivity index (χ1) is 12.5. The monoisotopic (exact) mass is 351 g/mol. The van der Waals surface area contributed by atoms with Crippen molar-refractivity contribution in [3.05, 3.63) is 52.3 Å². The number of rotatable bonds is 5. The molecule has 0 unspecified atom stereocenters. The molecule has 0 saturated heterocycles. The van der Waals surface area contributed by atoms with Crippen LogP contribution in [0.5, 0.6) is 0 Å². The summed E-state index contributed by atoms with van der Waals surface area (Å²) in [5.41, 5.74) is 5.73. The molecule has 1 aromatic carbocycles. The van der Waals surface area contributed by atoms with E-state index in [9.17, 15) is 9.18 Å². The van der Waals surface area contributed by atoms with E-state index in [1.54, 1.807) is 16.8 Å². The van der Waals surface area contributed by atoms with Crippen molar-refractivity contribution in [2.24, 2.45) is 0 Å². The number of nitrogen functional groups attached to an aromatic ring is 1. The molecule has 2 heterocycles. The largest absolute Gasteiger partial charge is 0.382 e. The molecule has 132 valence electrons. The minimum Gasteiger partial charge on any atom is -0.382 e. The Hall–Kier alpha value is -3.27. The third-order valence-electron chi connectivity index (χ3n) is 4.25. The van der Waals surface area contributed by atoms with E-state index in [-0.39, 0.29) is 28.3 Å². The number of hydrogen-bond donors (Lipinski definition) is 1. The zero-order valence-electron chi connectivity index (χ0n) is 14.4. The summed E-state index contributed by atoms with van der Waals surface area (Å²) in [5, 5.41) is 9.80. The van der Waals surface area contributed by atoms with Gasteiger partial charge < -0.3 is 10.3 Å². The fourth-order valence-corrected chi connectivity index (χ4v) is 2.80. The number of benzene rings is 1. The van der Waals surface area contributed by atoms with Crippen LogP contribution in [0, 0.1) is 17.1 Å². The van der Waals surface area contributed by atoms with Gasteiger partial charge in [0.25, 0.3) is 5.56 Å². The maximum Gasteiger partial charge on any atom is 0.258 e. The van der Waals surface area contributed by atoms with E-state index in [1.165, 1.54) is 18.3 Å². The van der Waals surface area contributed by atoms with Gasteiger partial charge in [-0.05, 0) is 30.0 Å². The van der Waals surface area contributed by atoms with E-state index in [4.69, 9.17) is 11.0 Å². The summed E-state index contributed by atoms with van der Waals surface area (Å²) < 4.78 is 16.2. The average Bonchev–Trinajstić information content (AvgIpc) is 2.64. The Balaban J connectivity index is 2.06. The Morgan fingerprint density at radius 3 is 2.85 bits per heavy atom. The van der Waals surface area contributed by atoms with E-state index < -0.39 is 5.82 Å². The fraction of sp³-hybridized carbons (Fsp3) is 0.263. The van der Waals surface area contributed by atoms with Crippen molar-refractivity contribution in [3.8, 4) is 17.5 Å². The van der Waals surface area contributed by atoms with Crippen molar-refractivity contribution < 1.29 is 4.39 Å². The van der Waals surface area contributed by atoms with Crippen LogP contribution in [-0.4, -0.2) is 14.5 Å². The zero-order valence-corrected chi connectivity index (χ0v) is 14.4. The van der Waals surface area contributed by atoms with Gasteiger partial charge in [0.05, 0.1) is 17.1 Å². The highest BCUT2D eigenvalue weighted by Crippen LogP contribution is 2.25. The van der Waals surface area contributed by atoms with E-state index in [1.807, 2.05) is 6.07 Å². The minimum atomic E-state index is -0.606. The highest BCUT2D eigenvalue weighted by Gasteiger charge is 2.14. The van der Waals surface area contributed by atoms with Gasteiger partial charge in [-0.2, -0.15) is 5.26 Å². The second kappa shape index (κ2) is 7.31. The van der Waals surface area contributed by atoms with Crippen LogP contribution in [0.2, 0.25) is 0 Å². The quantitative estimate of drug-likeness (QED) is 0.712. The lowest BCUT2D eigenvalue weighted by Gasteiger charge is -2.09. The van der Waals surface area contributed by atoms with Crippen molar-refractivity contribution in [3.63, 3.8) is 0 Å². The maximum atomic E-state index is 14.6. The molecule has 0 aliphatic heterocycles. The number of nitriles is 1. The highest BCUT2D eigenvalue weighted by molar-refractivity contribution is 5.86. The third-order valence-corrected chi connectivity index (χ3v) is 4.25. The second-order valence-electron chi connectivity index (χ2n) is 6.05. The number of unbranched alkanes of at least 4 members (excludes halogenated alkanes) is 2. The molecule has 0 bridgehead atoms. The Morgan fingerprint density at radius 2 is 2.15 bits per heavy atom. The number of fused-ring (bicyclic) bond motifs is 1. The molecule has 6 nitrogen and oxygen atoms in total. The van der Waals surface area contributed by atoms with Crippen LogP contribution < -0.4 is 11.3 Å². The van der Waals surface area contributed by atoms with Gasteiger partial charge in [-0.1, -0.05) is 19.8 Å². The smallest absolute Gasteiger partial charge is 0.258 e. The predicted octanol–water partition coefficient (Wildman–Crippen LogP) is 3.24. The Morgan fingerprint density at radius 1 is 1.35 bits per heavy atom. The SMILES string of the molecule is CCCCCn1ccc2cc(-c3ncc(C#N)c(N)n3)c(F)cc2c1=O. The molecule has 0 aliphatic rings. The molecule has 2 N–H and O–H groups in total. The zero-order chi connectivity index (χ0) is 18.7. The standard InChI is InChI=1S/C19H18FN5O/c1-2-3-4-6-25-7-5-12-8-15(16(20)9-14(12)19(25)26)18-23-11-13(10-21)17(22)24-18/h5,7-9,11H,2-4,6H2,1H3,(H2,22,23,24). The topological polar surface area (TPSA) is 97.6 Å². The summed E-state index contributed by atoms with van der Waals surface area (Å²) >= 11 is 0. The van der Waals surface area contributed by atoms with E-state index in [0.717, 1.165) is 19.3 Å². The average molecular weight is 351 g/mol. The lowest BCUT2D eigenvalue weighted by Crippen LogP contribution is -2.19. The third kappa shape index (κ3) is 3.26. The lowest BCUT2D eigenvalue weighted by molar-refractivity contribution is 0.590. The predicted molar refractivity (Wildman–Crippen MR) is 97.8 cm³/mol. The van der Waals surface area contributed by atoms with Crippen LogP contribution >= 0.6 is 0 Å². The summed E-state index contributed by atoms with van der Waals surface area (Å²) in [6.45, 7) is 2.71. The van der Waals surface area contributed by atoms with Gasteiger partial charge in [0.15, 0.2) is 5.82 Å². The summed E-state index contributed by atoms with van der Waals surface area (Å²) in [5.74, 6) is -0.540. The molecule has 0 aliphatic carbocycles. The van der Waals surface area contributed by atoms with Gasteiger partial charge in [-0.15, -0.1) is 0 Å². The Kier molecular flexibility index (Phi) is 4.94. The second-order valence-corrected chi connectivity index (χ2v) is 6.05. The van der Waals surface area contributed by atoms with Gasteiger partial charge in [-0.3, -0.25) is 4.79 Å². The molecule has 0 spiro atoms. The molecule has 3 aromatic rings. The van der Waals surface area contributed by atoms with Crippen molar-refractivity contribution in [1.29, 1.82) is 5.26 Å². The Bertz CT molecular complexity index is 1070. The summed E-state index contributed by atoms with van der Waals surface area (Å²) in [4.78, 5) is 20.6. The highest BCUT2D eigenvalue weighted by atomic mass is 19.1. The number of nitrogens with two attached hydrogens (primary N) is 1. The fourth-order valence-electron chi connectivity index (χ4n) is 2.80. The van der Waals surface area contributed by atoms with Crippen LogP contribution in [0.3, 0.4) is 0 Å². The normalized spacial score (nSPS) is 10.8. The molecular weight excluding hydrogens is 333 g/mol. The van der Waals surface area contributed by atoms with E-state index in [2.05, 4.69) is 16.9 Å².